The summed E-state index contributed by atoms with van der Waals surface area (Å²) in [6.45, 7) is 4.66. The molecule has 0 saturated heterocycles. The van der Waals surface area contributed by atoms with Crippen molar-refractivity contribution in [1.82, 2.24) is 10.2 Å². The van der Waals surface area contributed by atoms with Gasteiger partial charge in [-0.1, -0.05) is 30.1 Å². The van der Waals surface area contributed by atoms with Crippen molar-refractivity contribution in [3.63, 3.8) is 0 Å². The van der Waals surface area contributed by atoms with Gasteiger partial charge in [0.05, 0.1) is 12.1 Å². The molecule has 6 heteroatoms. The Morgan fingerprint density at radius 2 is 2.10 bits per heavy atom. The predicted molar refractivity (Wildman–Crippen MR) is 83.0 cm³/mol. The summed E-state index contributed by atoms with van der Waals surface area (Å²) < 4.78 is 5.32. The minimum atomic E-state index is 0.504. The van der Waals surface area contributed by atoms with E-state index in [0.717, 1.165) is 29.1 Å². The van der Waals surface area contributed by atoms with Crippen LogP contribution in [0.3, 0.4) is 0 Å². The van der Waals surface area contributed by atoms with Crippen LogP contribution in [0.5, 0.6) is 5.75 Å². The maximum atomic E-state index is 6.12. The lowest BCUT2D eigenvalue weighted by molar-refractivity contribution is 0.410. The van der Waals surface area contributed by atoms with Crippen molar-refractivity contribution >= 4 is 29.0 Å². The monoisotopic (exact) mass is 313 g/mol. The quantitative estimate of drug-likeness (QED) is 0.869. The molecule has 108 valence electrons. The summed E-state index contributed by atoms with van der Waals surface area (Å²) >= 11 is 12.1. The third-order valence-electron chi connectivity index (χ3n) is 3.20. The van der Waals surface area contributed by atoms with Crippen LogP contribution < -0.4 is 10.1 Å². The smallest absolute Gasteiger partial charge is 0.151 e. The fourth-order valence-corrected chi connectivity index (χ4v) is 2.72. The van der Waals surface area contributed by atoms with Crippen molar-refractivity contribution in [3.8, 4) is 5.75 Å². The van der Waals surface area contributed by atoms with Gasteiger partial charge in [0.2, 0.25) is 0 Å². The number of anilines is 1. The number of hydrogen-bond acceptors (Lipinski definition) is 3. The van der Waals surface area contributed by atoms with E-state index < -0.39 is 0 Å². The molecule has 0 fully saturated rings. The SMILES string of the molecule is CCc1[nH]nc(NCc2cc(Cl)cc(Cl)c2OC)c1C. The van der Waals surface area contributed by atoms with E-state index >= 15 is 0 Å². The first-order chi connectivity index (χ1) is 9.56. The van der Waals surface area contributed by atoms with Crippen molar-refractivity contribution in [2.24, 2.45) is 0 Å². The number of methoxy groups -OCH3 is 1. The number of H-pyrrole nitrogens is 1. The highest BCUT2D eigenvalue weighted by Crippen LogP contribution is 2.32. The summed E-state index contributed by atoms with van der Waals surface area (Å²) in [4.78, 5) is 0. The zero-order valence-corrected chi connectivity index (χ0v) is 13.2. The highest BCUT2D eigenvalue weighted by Gasteiger charge is 2.12. The van der Waals surface area contributed by atoms with E-state index in [4.69, 9.17) is 27.9 Å². The highest BCUT2D eigenvalue weighted by atomic mass is 35.5. The van der Waals surface area contributed by atoms with Crippen LogP contribution in [0.2, 0.25) is 10.0 Å². The molecule has 2 rings (SSSR count). The summed E-state index contributed by atoms with van der Waals surface area (Å²) in [5.74, 6) is 1.47. The molecule has 0 saturated carbocycles. The number of rotatable bonds is 5. The van der Waals surface area contributed by atoms with Gasteiger partial charge in [0.25, 0.3) is 0 Å². The van der Waals surface area contributed by atoms with Gasteiger partial charge >= 0.3 is 0 Å². The van der Waals surface area contributed by atoms with Crippen LogP contribution in [0.1, 0.15) is 23.7 Å². The van der Waals surface area contributed by atoms with Crippen molar-refractivity contribution in [3.05, 3.63) is 39.0 Å². The number of hydrogen-bond donors (Lipinski definition) is 2. The number of halogens is 2. The molecule has 0 radical (unpaired) electrons. The number of ether oxygens (including phenoxy) is 1. The van der Waals surface area contributed by atoms with Crippen LogP contribution in [0.25, 0.3) is 0 Å². The first-order valence-corrected chi connectivity index (χ1v) is 7.12. The molecule has 1 heterocycles. The predicted octanol–water partition coefficient (Wildman–Crippen LogP) is 4.21. The lowest BCUT2D eigenvalue weighted by Gasteiger charge is -2.12. The minimum absolute atomic E-state index is 0.504. The van der Waals surface area contributed by atoms with E-state index in [1.54, 1.807) is 13.2 Å². The van der Waals surface area contributed by atoms with E-state index in [1.807, 2.05) is 13.0 Å². The average molecular weight is 314 g/mol. The Bertz CT molecular complexity index is 611. The maximum Gasteiger partial charge on any atom is 0.151 e. The Morgan fingerprint density at radius 3 is 2.70 bits per heavy atom. The van der Waals surface area contributed by atoms with Crippen LogP contribution in [0, 0.1) is 6.92 Å². The number of aromatic nitrogens is 2. The first-order valence-electron chi connectivity index (χ1n) is 6.36. The second-order valence-corrected chi connectivity index (χ2v) is 5.31. The largest absolute Gasteiger partial charge is 0.495 e. The molecule has 0 unspecified atom stereocenters. The summed E-state index contributed by atoms with van der Waals surface area (Å²) in [6, 6.07) is 3.50. The van der Waals surface area contributed by atoms with E-state index in [-0.39, 0.29) is 0 Å². The second-order valence-electron chi connectivity index (χ2n) is 4.46. The van der Waals surface area contributed by atoms with Gasteiger partial charge in [0.15, 0.2) is 5.82 Å². The van der Waals surface area contributed by atoms with E-state index in [0.29, 0.717) is 22.3 Å². The number of aryl methyl sites for hydroxylation is 1. The Labute approximate surface area is 128 Å². The van der Waals surface area contributed by atoms with Crippen LogP contribution in [-0.2, 0) is 13.0 Å². The summed E-state index contributed by atoms with van der Waals surface area (Å²) in [6.07, 6.45) is 0.923. The second kappa shape index (κ2) is 6.37. The lowest BCUT2D eigenvalue weighted by Crippen LogP contribution is -2.03. The molecular formula is C14H17Cl2N3O. The van der Waals surface area contributed by atoms with Gasteiger partial charge in [-0.25, -0.2) is 0 Å². The van der Waals surface area contributed by atoms with E-state index in [1.165, 1.54) is 0 Å². The normalized spacial score (nSPS) is 10.7. The van der Waals surface area contributed by atoms with Crippen molar-refractivity contribution < 1.29 is 4.74 Å². The molecule has 0 aliphatic carbocycles. The minimum Gasteiger partial charge on any atom is -0.495 e. The molecule has 1 aromatic carbocycles. The van der Waals surface area contributed by atoms with Gasteiger partial charge in [0, 0.05) is 28.4 Å². The Kier molecular flexibility index (Phi) is 4.78. The maximum absolute atomic E-state index is 6.12. The van der Waals surface area contributed by atoms with Gasteiger partial charge in [-0.3, -0.25) is 5.10 Å². The van der Waals surface area contributed by atoms with Gasteiger partial charge in [-0.2, -0.15) is 5.10 Å². The topological polar surface area (TPSA) is 49.9 Å². The number of nitrogens with zero attached hydrogens (tertiary/aromatic N) is 1. The fourth-order valence-electron chi connectivity index (χ4n) is 2.10. The standard InChI is InChI=1S/C14H17Cl2N3O/c1-4-12-8(2)14(19-18-12)17-7-9-5-10(15)6-11(16)13(9)20-3/h5-6H,4,7H2,1-3H3,(H2,17,18,19). The first kappa shape index (κ1) is 15.0. The molecule has 0 spiro atoms. The molecule has 1 aromatic heterocycles. The van der Waals surface area contributed by atoms with Gasteiger partial charge < -0.3 is 10.1 Å². The van der Waals surface area contributed by atoms with Crippen LogP contribution >= 0.6 is 23.2 Å². The van der Waals surface area contributed by atoms with Gasteiger partial charge in [-0.15, -0.1) is 0 Å². The lowest BCUT2D eigenvalue weighted by atomic mass is 10.2. The Balaban J connectivity index is 2.20. The molecule has 20 heavy (non-hydrogen) atoms. The van der Waals surface area contributed by atoms with E-state index in [9.17, 15) is 0 Å². The zero-order chi connectivity index (χ0) is 14.7. The number of benzene rings is 1. The molecule has 4 nitrogen and oxygen atoms in total. The summed E-state index contributed by atoms with van der Waals surface area (Å²) in [7, 11) is 1.59. The third kappa shape index (κ3) is 3.02. The fraction of sp³-hybridized carbons (Fsp3) is 0.357. The summed E-state index contributed by atoms with van der Waals surface area (Å²) in [5, 5.41) is 11.6. The van der Waals surface area contributed by atoms with Gasteiger partial charge in [0.1, 0.15) is 5.75 Å². The average Bonchev–Trinajstić information content (AvgIpc) is 2.76. The molecule has 0 atom stereocenters. The number of nitrogens with one attached hydrogen (secondary N) is 2. The Hall–Kier alpha value is -1.39. The summed E-state index contributed by atoms with van der Waals surface area (Å²) in [5.41, 5.74) is 3.15. The van der Waals surface area contributed by atoms with E-state index in [2.05, 4.69) is 22.4 Å². The molecule has 0 bridgehead atoms. The molecule has 0 aliphatic rings. The van der Waals surface area contributed by atoms with Crippen LogP contribution in [0.4, 0.5) is 5.82 Å². The van der Waals surface area contributed by atoms with Crippen LogP contribution in [0.15, 0.2) is 12.1 Å². The molecular weight excluding hydrogens is 297 g/mol. The van der Waals surface area contributed by atoms with Crippen LogP contribution in [-0.4, -0.2) is 17.3 Å². The molecule has 0 amide bonds. The zero-order valence-electron chi connectivity index (χ0n) is 11.7. The van der Waals surface area contributed by atoms with Crippen molar-refractivity contribution in [1.29, 1.82) is 0 Å². The van der Waals surface area contributed by atoms with Gasteiger partial charge in [-0.05, 0) is 25.5 Å². The third-order valence-corrected chi connectivity index (χ3v) is 3.70. The number of aromatic amines is 1. The molecule has 0 aliphatic heterocycles. The Morgan fingerprint density at radius 1 is 1.35 bits per heavy atom. The molecule has 2 aromatic rings. The van der Waals surface area contributed by atoms with Crippen molar-refractivity contribution in [2.45, 2.75) is 26.8 Å². The van der Waals surface area contributed by atoms with Crippen molar-refractivity contribution in [2.75, 3.05) is 12.4 Å². The highest BCUT2D eigenvalue weighted by molar-refractivity contribution is 6.35. The molecule has 2 N–H and O–H groups in total.